The molecule has 2 amide bonds. The average molecular weight is 543 g/mol. The maximum absolute atomic E-state index is 12.6. The number of esters is 1. The Morgan fingerprint density at radius 1 is 1.00 bits per heavy atom. The number of hydrogen-bond donors (Lipinski definition) is 0. The fourth-order valence-corrected chi connectivity index (χ4v) is 4.36. The van der Waals surface area contributed by atoms with Gasteiger partial charge in [0.25, 0.3) is 11.8 Å². The summed E-state index contributed by atoms with van der Waals surface area (Å²) in [5.41, 5.74) is 2.99. The highest BCUT2D eigenvalue weighted by Gasteiger charge is 2.36. The zero-order chi connectivity index (χ0) is 24.4. The van der Waals surface area contributed by atoms with Gasteiger partial charge >= 0.3 is 5.97 Å². The van der Waals surface area contributed by atoms with Crippen LogP contribution in [0.4, 0.5) is 5.69 Å². The largest absolute Gasteiger partial charge is 0.492 e. The number of ether oxygens (including phenoxy) is 2. The zero-order valence-electron chi connectivity index (χ0n) is 18.6. The van der Waals surface area contributed by atoms with E-state index in [0.717, 1.165) is 20.5 Å². The highest BCUT2D eigenvalue weighted by atomic mass is 79.9. The molecule has 3 aromatic rings. The highest BCUT2D eigenvalue weighted by molar-refractivity contribution is 9.10. The molecule has 0 unspecified atom stereocenters. The van der Waals surface area contributed by atoms with E-state index in [0.29, 0.717) is 46.4 Å². The van der Waals surface area contributed by atoms with Gasteiger partial charge in [0.05, 0.1) is 27.9 Å². The first-order chi connectivity index (χ1) is 16.3. The predicted molar refractivity (Wildman–Crippen MR) is 133 cm³/mol. The molecule has 0 aromatic heterocycles. The number of halogens is 2. The van der Waals surface area contributed by atoms with E-state index in [4.69, 9.17) is 21.1 Å². The second-order valence-electron chi connectivity index (χ2n) is 7.86. The van der Waals surface area contributed by atoms with Crippen LogP contribution >= 0.6 is 27.5 Å². The SMILES string of the molecule is Cc1cc(OCCCC(=O)Oc2ccc(N3C(=O)c4ccccc4C3=O)cc2)c(Br)c(C)c1Cl. The third-order valence-electron chi connectivity index (χ3n) is 5.47. The van der Waals surface area contributed by atoms with Crippen LogP contribution in [0.2, 0.25) is 5.02 Å². The van der Waals surface area contributed by atoms with Crippen molar-refractivity contribution >= 4 is 51.0 Å². The van der Waals surface area contributed by atoms with Gasteiger partial charge in [-0.05, 0) is 89.8 Å². The molecule has 3 aromatic carbocycles. The Balaban J connectivity index is 1.29. The summed E-state index contributed by atoms with van der Waals surface area (Å²) in [6.07, 6.45) is 0.641. The summed E-state index contributed by atoms with van der Waals surface area (Å²) >= 11 is 9.72. The maximum atomic E-state index is 12.6. The molecule has 0 aliphatic carbocycles. The van der Waals surface area contributed by atoms with E-state index < -0.39 is 5.97 Å². The molecule has 0 saturated carbocycles. The smallest absolute Gasteiger partial charge is 0.311 e. The standard InChI is InChI=1S/C26H21BrClNO5/c1-15-14-21(23(27)16(2)24(15)28)33-13-5-8-22(30)34-18-11-9-17(10-12-18)29-25(31)19-6-3-4-7-20(19)26(29)32/h3-4,6-7,9-12,14H,5,8,13H2,1-2H3. The lowest BCUT2D eigenvalue weighted by Crippen LogP contribution is -2.29. The van der Waals surface area contributed by atoms with Crippen LogP contribution in [0.25, 0.3) is 0 Å². The molecule has 0 radical (unpaired) electrons. The van der Waals surface area contributed by atoms with E-state index in [-0.39, 0.29) is 18.2 Å². The number of fused-ring (bicyclic) bond motifs is 1. The second kappa shape index (κ2) is 9.99. The monoisotopic (exact) mass is 541 g/mol. The van der Waals surface area contributed by atoms with Crippen LogP contribution in [-0.2, 0) is 4.79 Å². The molecule has 0 N–H and O–H groups in total. The lowest BCUT2D eigenvalue weighted by atomic mass is 10.1. The summed E-state index contributed by atoms with van der Waals surface area (Å²) in [7, 11) is 0. The minimum atomic E-state index is -0.403. The van der Waals surface area contributed by atoms with Crippen molar-refractivity contribution in [1.82, 2.24) is 0 Å². The Labute approximate surface area is 210 Å². The van der Waals surface area contributed by atoms with E-state index in [9.17, 15) is 14.4 Å². The van der Waals surface area contributed by atoms with Gasteiger partial charge in [-0.3, -0.25) is 14.4 Å². The van der Waals surface area contributed by atoms with Gasteiger partial charge in [0, 0.05) is 11.4 Å². The van der Waals surface area contributed by atoms with Crippen LogP contribution in [0.3, 0.4) is 0 Å². The Hall–Kier alpha value is -3.16. The van der Waals surface area contributed by atoms with Gasteiger partial charge < -0.3 is 9.47 Å². The topological polar surface area (TPSA) is 72.9 Å². The van der Waals surface area contributed by atoms with Crippen molar-refractivity contribution in [3.05, 3.63) is 86.3 Å². The Morgan fingerprint density at radius 3 is 2.24 bits per heavy atom. The summed E-state index contributed by atoms with van der Waals surface area (Å²) in [6, 6.07) is 14.8. The number of amides is 2. The predicted octanol–water partition coefficient (Wildman–Crippen LogP) is 6.28. The van der Waals surface area contributed by atoms with Gasteiger partial charge in [-0.1, -0.05) is 23.7 Å². The number of aryl methyl sites for hydroxylation is 1. The van der Waals surface area contributed by atoms with Gasteiger partial charge in [0.1, 0.15) is 11.5 Å². The second-order valence-corrected chi connectivity index (χ2v) is 9.03. The van der Waals surface area contributed by atoms with Crippen LogP contribution in [-0.4, -0.2) is 24.4 Å². The van der Waals surface area contributed by atoms with Crippen molar-refractivity contribution < 1.29 is 23.9 Å². The molecule has 8 heteroatoms. The minimum Gasteiger partial charge on any atom is -0.492 e. The van der Waals surface area contributed by atoms with Crippen LogP contribution < -0.4 is 14.4 Å². The average Bonchev–Trinajstić information content (AvgIpc) is 3.09. The number of anilines is 1. The van der Waals surface area contributed by atoms with Crippen LogP contribution in [0.15, 0.2) is 59.1 Å². The van der Waals surface area contributed by atoms with Crippen molar-refractivity contribution in [2.24, 2.45) is 0 Å². The summed E-state index contributed by atoms with van der Waals surface area (Å²) in [6.45, 7) is 4.15. The number of hydrogen-bond acceptors (Lipinski definition) is 5. The highest BCUT2D eigenvalue weighted by Crippen LogP contribution is 2.36. The minimum absolute atomic E-state index is 0.170. The Morgan fingerprint density at radius 2 is 1.62 bits per heavy atom. The van der Waals surface area contributed by atoms with Crippen molar-refractivity contribution in [2.75, 3.05) is 11.5 Å². The fourth-order valence-electron chi connectivity index (χ4n) is 3.67. The first-order valence-corrected chi connectivity index (χ1v) is 11.8. The number of nitrogens with zero attached hydrogens (tertiary/aromatic N) is 1. The molecule has 0 saturated heterocycles. The summed E-state index contributed by atoms with van der Waals surface area (Å²) in [5, 5.41) is 0.692. The molecule has 6 nitrogen and oxygen atoms in total. The number of carbonyl (C=O) groups is 3. The molecule has 1 aliphatic heterocycles. The molecular weight excluding hydrogens is 522 g/mol. The lowest BCUT2D eigenvalue weighted by Gasteiger charge is -2.14. The summed E-state index contributed by atoms with van der Waals surface area (Å²) in [5.74, 6) is -0.139. The number of carbonyl (C=O) groups excluding carboxylic acids is 3. The van der Waals surface area contributed by atoms with E-state index in [2.05, 4.69) is 15.9 Å². The van der Waals surface area contributed by atoms with E-state index in [1.165, 1.54) is 0 Å². The third-order valence-corrected chi connectivity index (χ3v) is 7.04. The quantitative estimate of drug-likeness (QED) is 0.152. The van der Waals surface area contributed by atoms with E-state index in [1.807, 2.05) is 19.9 Å². The van der Waals surface area contributed by atoms with Crippen molar-refractivity contribution in [2.45, 2.75) is 26.7 Å². The van der Waals surface area contributed by atoms with Gasteiger partial charge in [-0.2, -0.15) is 0 Å². The normalized spacial score (nSPS) is 12.6. The first kappa shape index (κ1) is 24.0. The number of imide groups is 1. The van der Waals surface area contributed by atoms with Gasteiger partial charge in [-0.25, -0.2) is 4.90 Å². The Kier molecular flexibility index (Phi) is 7.05. The van der Waals surface area contributed by atoms with Crippen LogP contribution in [0.5, 0.6) is 11.5 Å². The van der Waals surface area contributed by atoms with Gasteiger partial charge in [-0.15, -0.1) is 0 Å². The molecule has 1 heterocycles. The zero-order valence-corrected chi connectivity index (χ0v) is 20.9. The molecule has 0 bridgehead atoms. The lowest BCUT2D eigenvalue weighted by molar-refractivity contribution is -0.134. The van der Waals surface area contributed by atoms with Crippen LogP contribution in [0.1, 0.15) is 44.7 Å². The third kappa shape index (κ3) is 4.72. The molecule has 4 rings (SSSR count). The molecule has 0 atom stereocenters. The van der Waals surface area contributed by atoms with Crippen LogP contribution in [0, 0.1) is 13.8 Å². The Bertz CT molecular complexity index is 1250. The summed E-state index contributed by atoms with van der Waals surface area (Å²) < 4.78 is 12.0. The molecule has 0 fully saturated rings. The van der Waals surface area contributed by atoms with Gasteiger partial charge in [0.2, 0.25) is 0 Å². The van der Waals surface area contributed by atoms with Crippen molar-refractivity contribution in [1.29, 1.82) is 0 Å². The van der Waals surface area contributed by atoms with Crippen molar-refractivity contribution in [3.8, 4) is 11.5 Å². The molecule has 34 heavy (non-hydrogen) atoms. The van der Waals surface area contributed by atoms with Crippen molar-refractivity contribution in [3.63, 3.8) is 0 Å². The summed E-state index contributed by atoms with van der Waals surface area (Å²) in [4.78, 5) is 38.5. The molecule has 174 valence electrons. The fraction of sp³-hybridized carbons (Fsp3) is 0.192. The van der Waals surface area contributed by atoms with Gasteiger partial charge in [0.15, 0.2) is 0 Å². The first-order valence-electron chi connectivity index (χ1n) is 10.6. The number of rotatable bonds is 7. The van der Waals surface area contributed by atoms with E-state index in [1.54, 1.807) is 48.5 Å². The molecule has 1 aliphatic rings. The molecular formula is C26H21BrClNO5. The van der Waals surface area contributed by atoms with E-state index >= 15 is 0 Å². The molecule has 0 spiro atoms. The maximum Gasteiger partial charge on any atom is 0.311 e. The number of benzene rings is 3.